The number of nitrogens with zero attached hydrogens (tertiary/aromatic N) is 2. The van der Waals surface area contributed by atoms with E-state index in [-0.39, 0.29) is 0 Å². The standard InChI is InChI=1S/C24H25Cl2N3O/c1-16-19(10-12-27-2)23-20(25)8-9-21(26)24(23)29(16)13-14-30-18-7-3-5-17-6-4-11-28-22(17)15-18/h4-9,11,15,27H,3,10,12-14H2,1-2H3. The fraction of sp³-hybridized carbons (Fsp3) is 0.292. The molecule has 0 aliphatic heterocycles. The number of rotatable bonds is 7. The fourth-order valence-corrected chi connectivity index (χ4v) is 4.54. The molecule has 1 N–H and O–H groups in total. The molecule has 0 atom stereocenters. The number of hydrogen-bond acceptors (Lipinski definition) is 3. The number of nitrogens with one attached hydrogen (secondary N) is 1. The van der Waals surface area contributed by atoms with E-state index in [1.165, 1.54) is 11.3 Å². The number of likely N-dealkylation sites (N-methyl/N-ethyl adjacent to an activating group) is 1. The highest BCUT2D eigenvalue weighted by molar-refractivity contribution is 6.40. The third kappa shape index (κ3) is 4.13. The summed E-state index contributed by atoms with van der Waals surface area (Å²) in [6.45, 7) is 4.23. The molecule has 0 bridgehead atoms. The predicted molar refractivity (Wildman–Crippen MR) is 125 cm³/mol. The maximum atomic E-state index is 6.59. The number of halogens is 2. The fourth-order valence-electron chi connectivity index (χ4n) is 4.01. The second-order valence-electron chi connectivity index (χ2n) is 7.34. The van der Waals surface area contributed by atoms with Crippen molar-refractivity contribution in [3.8, 4) is 0 Å². The maximum Gasteiger partial charge on any atom is 0.117 e. The minimum absolute atomic E-state index is 0.531. The van der Waals surface area contributed by atoms with E-state index in [1.807, 2.05) is 31.3 Å². The first kappa shape index (κ1) is 21.0. The molecule has 0 saturated carbocycles. The van der Waals surface area contributed by atoms with Gasteiger partial charge in [-0.25, -0.2) is 0 Å². The van der Waals surface area contributed by atoms with Gasteiger partial charge in [0.1, 0.15) is 12.4 Å². The molecule has 1 aromatic carbocycles. The highest BCUT2D eigenvalue weighted by Gasteiger charge is 2.18. The van der Waals surface area contributed by atoms with Gasteiger partial charge in [-0.15, -0.1) is 0 Å². The zero-order valence-electron chi connectivity index (χ0n) is 17.2. The molecule has 4 nitrogen and oxygen atoms in total. The van der Waals surface area contributed by atoms with E-state index < -0.39 is 0 Å². The Labute approximate surface area is 186 Å². The first-order valence-electron chi connectivity index (χ1n) is 10.2. The monoisotopic (exact) mass is 441 g/mol. The van der Waals surface area contributed by atoms with Crippen LogP contribution < -0.4 is 15.9 Å². The Bertz CT molecular complexity index is 1230. The van der Waals surface area contributed by atoms with Crippen molar-refractivity contribution in [1.82, 2.24) is 14.9 Å². The Morgan fingerprint density at radius 3 is 2.83 bits per heavy atom. The van der Waals surface area contributed by atoms with E-state index in [2.05, 4.69) is 40.0 Å². The SMILES string of the molecule is CNCCc1c(C)n(CCOC2=CCC=c3cccnc3=C2)c2c(Cl)ccc(Cl)c12. The van der Waals surface area contributed by atoms with Crippen LogP contribution in [0, 0.1) is 6.92 Å². The van der Waals surface area contributed by atoms with E-state index in [0.717, 1.165) is 51.6 Å². The van der Waals surface area contributed by atoms with Gasteiger partial charge in [-0.3, -0.25) is 4.98 Å². The minimum Gasteiger partial charge on any atom is -0.492 e. The molecule has 30 heavy (non-hydrogen) atoms. The van der Waals surface area contributed by atoms with Crippen molar-refractivity contribution < 1.29 is 4.74 Å². The van der Waals surface area contributed by atoms with Crippen LogP contribution in [0.15, 0.2) is 42.3 Å². The topological polar surface area (TPSA) is 39.1 Å². The summed E-state index contributed by atoms with van der Waals surface area (Å²) in [6.07, 6.45) is 9.77. The zero-order chi connectivity index (χ0) is 21.1. The third-order valence-corrected chi connectivity index (χ3v) is 6.13. The number of ether oxygens (including phenoxy) is 1. The molecule has 0 spiro atoms. The van der Waals surface area contributed by atoms with Crippen molar-refractivity contribution in [2.24, 2.45) is 0 Å². The quantitative estimate of drug-likeness (QED) is 0.602. The summed E-state index contributed by atoms with van der Waals surface area (Å²) >= 11 is 13.2. The van der Waals surface area contributed by atoms with Gasteiger partial charge in [-0.1, -0.05) is 35.3 Å². The molecule has 6 heteroatoms. The van der Waals surface area contributed by atoms with Gasteiger partial charge in [0.25, 0.3) is 0 Å². The van der Waals surface area contributed by atoms with Gasteiger partial charge in [0.2, 0.25) is 0 Å². The summed E-state index contributed by atoms with van der Waals surface area (Å²) in [5, 5.41) is 7.79. The average molecular weight is 442 g/mol. The largest absolute Gasteiger partial charge is 0.492 e. The van der Waals surface area contributed by atoms with Crippen molar-refractivity contribution in [3.05, 3.63) is 74.2 Å². The Morgan fingerprint density at radius 2 is 2.00 bits per heavy atom. The molecule has 3 aromatic rings. The number of pyridine rings is 1. The van der Waals surface area contributed by atoms with Gasteiger partial charge in [-0.2, -0.15) is 0 Å². The highest BCUT2D eigenvalue weighted by atomic mass is 35.5. The van der Waals surface area contributed by atoms with E-state index >= 15 is 0 Å². The Kier molecular flexibility index (Phi) is 6.47. The summed E-state index contributed by atoms with van der Waals surface area (Å²) in [4.78, 5) is 4.45. The number of aromatic nitrogens is 2. The number of hydrogen-bond donors (Lipinski definition) is 1. The van der Waals surface area contributed by atoms with Crippen molar-refractivity contribution in [1.29, 1.82) is 0 Å². The molecule has 2 aromatic heterocycles. The van der Waals surface area contributed by atoms with E-state index in [4.69, 9.17) is 27.9 Å². The molecular formula is C24H25Cl2N3O. The van der Waals surface area contributed by atoms with Gasteiger partial charge in [-0.05, 0) is 68.4 Å². The van der Waals surface area contributed by atoms with Crippen LogP contribution in [-0.4, -0.2) is 29.8 Å². The summed E-state index contributed by atoms with van der Waals surface area (Å²) < 4.78 is 8.35. The first-order valence-corrected chi connectivity index (χ1v) is 10.9. The van der Waals surface area contributed by atoms with Gasteiger partial charge >= 0.3 is 0 Å². The number of benzene rings is 1. The van der Waals surface area contributed by atoms with Gasteiger partial charge in [0, 0.05) is 23.4 Å². The third-order valence-electron chi connectivity index (χ3n) is 5.51. The van der Waals surface area contributed by atoms with Crippen LogP contribution in [0.25, 0.3) is 23.1 Å². The maximum absolute atomic E-state index is 6.59. The van der Waals surface area contributed by atoms with Crippen LogP contribution in [0.2, 0.25) is 10.0 Å². The molecule has 4 rings (SSSR count). The minimum atomic E-state index is 0.531. The lowest BCUT2D eigenvalue weighted by atomic mass is 10.1. The lowest BCUT2D eigenvalue weighted by Crippen LogP contribution is -2.27. The second kappa shape index (κ2) is 9.25. The molecule has 1 aliphatic rings. The van der Waals surface area contributed by atoms with Crippen LogP contribution in [0.5, 0.6) is 0 Å². The van der Waals surface area contributed by atoms with Crippen LogP contribution in [-0.2, 0) is 17.7 Å². The molecule has 156 valence electrons. The normalized spacial score (nSPS) is 13.3. The van der Waals surface area contributed by atoms with Crippen molar-refractivity contribution in [2.75, 3.05) is 20.2 Å². The van der Waals surface area contributed by atoms with Crippen LogP contribution in [0.3, 0.4) is 0 Å². The lowest BCUT2D eigenvalue weighted by Gasteiger charge is -2.12. The van der Waals surface area contributed by atoms with Gasteiger partial charge < -0.3 is 14.6 Å². The van der Waals surface area contributed by atoms with Crippen LogP contribution in [0.4, 0.5) is 0 Å². The number of fused-ring (bicyclic) bond motifs is 2. The van der Waals surface area contributed by atoms with E-state index in [0.29, 0.717) is 18.2 Å². The number of allylic oxidation sites excluding steroid dienone is 2. The Hall–Kier alpha value is -2.27. The molecular weight excluding hydrogens is 417 g/mol. The van der Waals surface area contributed by atoms with Gasteiger partial charge in [0.15, 0.2) is 0 Å². The Balaban J connectivity index is 1.60. The average Bonchev–Trinajstić information content (AvgIpc) is 2.89. The Morgan fingerprint density at radius 1 is 1.17 bits per heavy atom. The van der Waals surface area contributed by atoms with Crippen LogP contribution in [0.1, 0.15) is 17.7 Å². The highest BCUT2D eigenvalue weighted by Crippen LogP contribution is 2.36. The van der Waals surface area contributed by atoms with Crippen molar-refractivity contribution in [2.45, 2.75) is 26.3 Å². The summed E-state index contributed by atoms with van der Waals surface area (Å²) in [5.74, 6) is 0.845. The molecule has 0 fully saturated rings. The molecule has 1 aliphatic carbocycles. The predicted octanol–water partition coefficient (Wildman–Crippen LogP) is 3.98. The summed E-state index contributed by atoms with van der Waals surface area (Å²) in [6, 6.07) is 7.77. The molecule has 0 saturated heterocycles. The van der Waals surface area contributed by atoms with Crippen LogP contribution >= 0.6 is 23.2 Å². The van der Waals surface area contributed by atoms with Crippen molar-refractivity contribution in [3.63, 3.8) is 0 Å². The molecule has 0 radical (unpaired) electrons. The molecule has 2 heterocycles. The summed E-state index contributed by atoms with van der Waals surface area (Å²) in [7, 11) is 1.96. The van der Waals surface area contributed by atoms with E-state index in [1.54, 1.807) is 6.20 Å². The molecule has 0 unspecified atom stereocenters. The van der Waals surface area contributed by atoms with E-state index in [9.17, 15) is 0 Å². The van der Waals surface area contributed by atoms with Gasteiger partial charge in [0.05, 0.1) is 27.5 Å². The smallest absolute Gasteiger partial charge is 0.117 e. The molecule has 0 amide bonds. The second-order valence-corrected chi connectivity index (χ2v) is 8.15. The summed E-state index contributed by atoms with van der Waals surface area (Å²) in [5.41, 5.74) is 3.40. The lowest BCUT2D eigenvalue weighted by molar-refractivity contribution is 0.216. The zero-order valence-corrected chi connectivity index (χ0v) is 18.7. The first-order chi connectivity index (χ1) is 14.6. The van der Waals surface area contributed by atoms with Crippen molar-refractivity contribution >= 4 is 46.3 Å².